The van der Waals surface area contributed by atoms with Gasteiger partial charge in [-0.15, -0.1) is 6.58 Å². The molecule has 0 saturated carbocycles. The lowest BCUT2D eigenvalue weighted by Crippen LogP contribution is -2.53. The third-order valence-electron chi connectivity index (χ3n) is 3.50. The summed E-state index contributed by atoms with van der Waals surface area (Å²) in [6, 6.07) is 7.31. The third kappa shape index (κ3) is 3.52. The molecule has 1 aromatic rings. The minimum absolute atomic E-state index is 0.00986. The highest BCUT2D eigenvalue weighted by Gasteiger charge is 2.24. The van der Waals surface area contributed by atoms with Gasteiger partial charge in [0.25, 0.3) is 0 Å². The zero-order chi connectivity index (χ0) is 14.5. The maximum atomic E-state index is 12.1. The Morgan fingerprint density at radius 3 is 2.70 bits per heavy atom. The molecule has 1 aromatic carbocycles. The molecule has 1 heterocycles. The summed E-state index contributed by atoms with van der Waals surface area (Å²) in [5, 5.41) is 0.731. The Morgan fingerprint density at radius 2 is 2.10 bits per heavy atom. The minimum Gasteiger partial charge on any atom is -0.368 e. The van der Waals surface area contributed by atoms with Gasteiger partial charge in [0.05, 0.1) is 6.04 Å². The van der Waals surface area contributed by atoms with Crippen LogP contribution in [-0.4, -0.2) is 43.0 Å². The van der Waals surface area contributed by atoms with E-state index in [1.165, 1.54) is 0 Å². The van der Waals surface area contributed by atoms with Crippen LogP contribution in [0.5, 0.6) is 0 Å². The summed E-state index contributed by atoms with van der Waals surface area (Å²) >= 11 is 6.00. The number of hydrogen-bond acceptors (Lipinski definition) is 3. The summed E-state index contributed by atoms with van der Waals surface area (Å²) in [7, 11) is 0. The second-order valence-corrected chi connectivity index (χ2v) is 5.36. The molecule has 0 aromatic heterocycles. The van der Waals surface area contributed by atoms with Crippen molar-refractivity contribution in [1.82, 2.24) is 4.90 Å². The van der Waals surface area contributed by atoms with E-state index in [1.807, 2.05) is 29.2 Å². The minimum atomic E-state index is -0.467. The monoisotopic (exact) mass is 293 g/mol. The number of nitrogens with two attached hydrogens (primary N) is 1. The van der Waals surface area contributed by atoms with Gasteiger partial charge in [0.1, 0.15) is 0 Å². The first-order chi connectivity index (χ1) is 9.61. The molecular formula is C15H20ClN3O. The van der Waals surface area contributed by atoms with Crippen LogP contribution in [0.15, 0.2) is 36.9 Å². The molecule has 2 N–H and O–H groups in total. The molecule has 1 fully saturated rings. The van der Waals surface area contributed by atoms with E-state index in [2.05, 4.69) is 11.5 Å². The molecule has 1 amide bonds. The van der Waals surface area contributed by atoms with Gasteiger partial charge in [0, 0.05) is 36.9 Å². The SMILES string of the molecule is C=CCC(N)C(=O)N1CCN(c2cccc(Cl)c2)CC1. The van der Waals surface area contributed by atoms with Crippen molar-refractivity contribution in [2.45, 2.75) is 12.5 Å². The van der Waals surface area contributed by atoms with Crippen LogP contribution in [0.4, 0.5) is 5.69 Å². The molecular weight excluding hydrogens is 274 g/mol. The Balaban J connectivity index is 1.92. The number of amides is 1. The van der Waals surface area contributed by atoms with Gasteiger partial charge in [-0.05, 0) is 24.6 Å². The zero-order valence-electron chi connectivity index (χ0n) is 11.5. The Bertz CT molecular complexity index is 484. The molecule has 0 radical (unpaired) electrons. The van der Waals surface area contributed by atoms with Crippen LogP contribution in [0.1, 0.15) is 6.42 Å². The fraction of sp³-hybridized carbons (Fsp3) is 0.400. The Labute approximate surface area is 124 Å². The summed E-state index contributed by atoms with van der Waals surface area (Å²) in [5.41, 5.74) is 6.93. The standard InChI is InChI=1S/C15H20ClN3O/c1-2-4-14(17)15(20)19-9-7-18(8-10-19)13-6-3-5-12(16)11-13/h2-3,5-6,11,14H,1,4,7-10,17H2. The average molecular weight is 294 g/mol. The summed E-state index contributed by atoms with van der Waals surface area (Å²) in [4.78, 5) is 16.2. The van der Waals surface area contributed by atoms with Crippen LogP contribution < -0.4 is 10.6 Å². The summed E-state index contributed by atoms with van der Waals surface area (Å²) in [6.07, 6.45) is 2.21. The molecule has 5 heteroatoms. The number of hydrogen-bond donors (Lipinski definition) is 1. The van der Waals surface area contributed by atoms with Crippen LogP contribution in [0.25, 0.3) is 0 Å². The fourth-order valence-corrected chi connectivity index (χ4v) is 2.56. The average Bonchev–Trinajstić information content (AvgIpc) is 2.47. The van der Waals surface area contributed by atoms with Crippen molar-refractivity contribution in [2.24, 2.45) is 5.73 Å². The van der Waals surface area contributed by atoms with Crippen molar-refractivity contribution in [3.8, 4) is 0 Å². The van der Waals surface area contributed by atoms with Crippen molar-refractivity contribution in [2.75, 3.05) is 31.1 Å². The van der Waals surface area contributed by atoms with Crippen molar-refractivity contribution < 1.29 is 4.79 Å². The molecule has 0 bridgehead atoms. The largest absolute Gasteiger partial charge is 0.368 e. The van der Waals surface area contributed by atoms with E-state index >= 15 is 0 Å². The normalized spacial score (nSPS) is 16.9. The van der Waals surface area contributed by atoms with E-state index in [0.29, 0.717) is 19.5 Å². The highest BCUT2D eigenvalue weighted by atomic mass is 35.5. The maximum absolute atomic E-state index is 12.1. The zero-order valence-corrected chi connectivity index (χ0v) is 12.2. The van der Waals surface area contributed by atoms with Crippen LogP contribution in [0, 0.1) is 0 Å². The molecule has 1 aliphatic rings. The second-order valence-electron chi connectivity index (χ2n) is 4.92. The molecule has 2 rings (SSSR count). The lowest BCUT2D eigenvalue weighted by Gasteiger charge is -2.37. The predicted octanol–water partition coefficient (Wildman–Crippen LogP) is 1.89. The first kappa shape index (κ1) is 14.9. The fourth-order valence-electron chi connectivity index (χ4n) is 2.37. The van der Waals surface area contributed by atoms with E-state index < -0.39 is 6.04 Å². The van der Waals surface area contributed by atoms with Crippen LogP contribution in [0.2, 0.25) is 5.02 Å². The van der Waals surface area contributed by atoms with Gasteiger partial charge in [-0.3, -0.25) is 4.79 Å². The van der Waals surface area contributed by atoms with Crippen LogP contribution in [0.3, 0.4) is 0 Å². The molecule has 1 aliphatic heterocycles. The molecule has 0 aliphatic carbocycles. The Morgan fingerprint density at radius 1 is 1.40 bits per heavy atom. The first-order valence-electron chi connectivity index (χ1n) is 6.77. The van der Waals surface area contributed by atoms with Gasteiger partial charge in [-0.2, -0.15) is 0 Å². The summed E-state index contributed by atoms with van der Waals surface area (Å²) in [6.45, 7) is 6.60. The van der Waals surface area contributed by atoms with Gasteiger partial charge < -0.3 is 15.5 Å². The van der Waals surface area contributed by atoms with E-state index in [0.717, 1.165) is 23.8 Å². The molecule has 108 valence electrons. The number of benzene rings is 1. The van der Waals surface area contributed by atoms with Crippen molar-refractivity contribution in [3.63, 3.8) is 0 Å². The second kappa shape index (κ2) is 6.77. The first-order valence-corrected chi connectivity index (χ1v) is 7.15. The highest BCUT2D eigenvalue weighted by Crippen LogP contribution is 2.20. The van der Waals surface area contributed by atoms with E-state index in [-0.39, 0.29) is 5.91 Å². The number of nitrogens with zero attached hydrogens (tertiary/aromatic N) is 2. The number of carbonyl (C=O) groups excluding carboxylic acids is 1. The van der Waals surface area contributed by atoms with Crippen molar-refractivity contribution >= 4 is 23.2 Å². The number of carbonyl (C=O) groups is 1. The lowest BCUT2D eigenvalue weighted by atomic mass is 10.1. The predicted molar refractivity (Wildman–Crippen MR) is 83.0 cm³/mol. The van der Waals surface area contributed by atoms with Crippen molar-refractivity contribution in [1.29, 1.82) is 0 Å². The number of rotatable bonds is 4. The van der Waals surface area contributed by atoms with Gasteiger partial charge in [-0.1, -0.05) is 23.7 Å². The Kier molecular flexibility index (Phi) is 5.04. The molecule has 0 spiro atoms. The smallest absolute Gasteiger partial charge is 0.239 e. The van der Waals surface area contributed by atoms with Gasteiger partial charge >= 0.3 is 0 Å². The summed E-state index contributed by atoms with van der Waals surface area (Å²) in [5.74, 6) is 0.00986. The number of anilines is 1. The number of piperazine rings is 1. The summed E-state index contributed by atoms with van der Waals surface area (Å²) < 4.78 is 0. The molecule has 1 unspecified atom stereocenters. The quantitative estimate of drug-likeness (QED) is 0.863. The molecule has 1 atom stereocenters. The Hall–Kier alpha value is -1.52. The third-order valence-corrected chi connectivity index (χ3v) is 3.74. The lowest BCUT2D eigenvalue weighted by molar-refractivity contribution is -0.132. The van der Waals surface area contributed by atoms with Crippen LogP contribution >= 0.6 is 11.6 Å². The van der Waals surface area contributed by atoms with Gasteiger partial charge in [-0.25, -0.2) is 0 Å². The molecule has 20 heavy (non-hydrogen) atoms. The maximum Gasteiger partial charge on any atom is 0.239 e. The van der Waals surface area contributed by atoms with Gasteiger partial charge in [0.2, 0.25) is 5.91 Å². The van der Waals surface area contributed by atoms with E-state index in [4.69, 9.17) is 17.3 Å². The molecule has 4 nitrogen and oxygen atoms in total. The molecule has 1 saturated heterocycles. The topological polar surface area (TPSA) is 49.6 Å². The van der Waals surface area contributed by atoms with Crippen LogP contribution in [-0.2, 0) is 4.79 Å². The number of halogens is 1. The highest BCUT2D eigenvalue weighted by molar-refractivity contribution is 6.30. The van der Waals surface area contributed by atoms with Gasteiger partial charge in [0.15, 0.2) is 0 Å². The van der Waals surface area contributed by atoms with Crippen molar-refractivity contribution in [3.05, 3.63) is 41.9 Å². The van der Waals surface area contributed by atoms with E-state index in [1.54, 1.807) is 6.08 Å². The van der Waals surface area contributed by atoms with E-state index in [9.17, 15) is 4.79 Å².